The molecule has 1 rings (SSSR count). The number of carbonyl (C=O) groups is 4. The number of aliphatic imine (C=N–C) groups is 1. The first-order valence-electron chi connectivity index (χ1n) is 12.5. The molecule has 1 aromatic rings. The molecule has 0 spiro atoms. The number of phenolic OH excluding ortho intramolecular Hbond substituents is 1. The number of aliphatic hydroxyl groups is 1. The lowest BCUT2D eigenvalue weighted by molar-refractivity contribution is -0.142. The summed E-state index contributed by atoms with van der Waals surface area (Å²) in [4.78, 5) is 54.3. The number of aromatic hydroxyl groups is 1. The van der Waals surface area contributed by atoms with E-state index < -0.39 is 54.5 Å². The molecule has 0 bridgehead atoms. The highest BCUT2D eigenvalue weighted by atomic mass is 16.4. The number of hydrogen-bond donors (Lipinski definition) is 10. The summed E-state index contributed by atoms with van der Waals surface area (Å²) >= 11 is 0. The number of carboxylic acids is 1. The van der Waals surface area contributed by atoms with Gasteiger partial charge in [0.05, 0.1) is 6.61 Å². The first-order chi connectivity index (χ1) is 18.5. The molecule has 0 fully saturated rings. The summed E-state index contributed by atoms with van der Waals surface area (Å²) in [6, 6.07) is 1.02. The van der Waals surface area contributed by atoms with Crippen LogP contribution in [0.1, 0.15) is 37.7 Å². The fourth-order valence-electron chi connectivity index (χ4n) is 3.51. The van der Waals surface area contributed by atoms with Gasteiger partial charge < -0.3 is 54.2 Å². The molecule has 0 heterocycles. The summed E-state index contributed by atoms with van der Waals surface area (Å²) < 4.78 is 0. The van der Waals surface area contributed by atoms with Crippen molar-refractivity contribution in [2.45, 2.75) is 62.7 Å². The number of aliphatic carboxylic acids is 1. The number of amides is 3. The average Bonchev–Trinajstić information content (AvgIpc) is 2.89. The summed E-state index contributed by atoms with van der Waals surface area (Å²) in [5.41, 5.74) is 22.3. The fraction of sp³-hybridized carbons (Fsp3) is 0.542. The van der Waals surface area contributed by atoms with Gasteiger partial charge in [-0.25, -0.2) is 4.79 Å². The number of guanidine groups is 1. The minimum absolute atomic E-state index is 0.00282. The van der Waals surface area contributed by atoms with Crippen LogP contribution in [0, 0.1) is 0 Å². The van der Waals surface area contributed by atoms with Gasteiger partial charge in [-0.15, -0.1) is 0 Å². The monoisotopic (exact) mass is 552 g/mol. The maximum absolute atomic E-state index is 13.3. The second kappa shape index (κ2) is 17.5. The summed E-state index contributed by atoms with van der Waals surface area (Å²) in [5.74, 6) is -3.67. The Bertz CT molecular complexity index is 970. The van der Waals surface area contributed by atoms with Crippen molar-refractivity contribution in [1.82, 2.24) is 16.0 Å². The first kappa shape index (κ1) is 33.1. The normalized spacial score (nSPS) is 13.8. The van der Waals surface area contributed by atoms with Crippen LogP contribution in [0.15, 0.2) is 29.3 Å². The molecule has 0 aliphatic carbocycles. The van der Waals surface area contributed by atoms with E-state index in [2.05, 4.69) is 20.9 Å². The fourth-order valence-corrected chi connectivity index (χ4v) is 3.51. The Balaban J connectivity index is 3.13. The summed E-state index contributed by atoms with van der Waals surface area (Å²) in [7, 11) is 0. The van der Waals surface area contributed by atoms with Crippen LogP contribution in [0.5, 0.6) is 5.75 Å². The van der Waals surface area contributed by atoms with Gasteiger partial charge >= 0.3 is 5.97 Å². The summed E-state index contributed by atoms with van der Waals surface area (Å²) in [6.45, 7) is -0.131. The number of hydrogen-bond acceptors (Lipinski definition) is 9. The van der Waals surface area contributed by atoms with Crippen LogP contribution in [0.25, 0.3) is 0 Å². The van der Waals surface area contributed by atoms with Crippen LogP contribution in [-0.2, 0) is 25.6 Å². The van der Waals surface area contributed by atoms with Crippen molar-refractivity contribution in [3.05, 3.63) is 29.8 Å². The van der Waals surface area contributed by atoms with Crippen molar-refractivity contribution in [2.24, 2.45) is 27.9 Å². The topological polar surface area (TPSA) is 282 Å². The zero-order valence-electron chi connectivity index (χ0n) is 21.7. The Morgan fingerprint density at radius 2 is 1.41 bits per heavy atom. The van der Waals surface area contributed by atoms with E-state index in [1.807, 2.05) is 0 Å². The van der Waals surface area contributed by atoms with Crippen LogP contribution in [-0.4, -0.2) is 88.8 Å². The van der Waals surface area contributed by atoms with Gasteiger partial charge in [0.1, 0.15) is 29.9 Å². The van der Waals surface area contributed by atoms with Crippen molar-refractivity contribution in [1.29, 1.82) is 0 Å². The number of aliphatic hydroxyl groups excluding tert-OH is 1. The van der Waals surface area contributed by atoms with E-state index in [9.17, 15) is 34.5 Å². The molecule has 39 heavy (non-hydrogen) atoms. The van der Waals surface area contributed by atoms with Crippen LogP contribution < -0.4 is 38.9 Å². The molecule has 4 atom stereocenters. The molecule has 0 saturated heterocycles. The van der Waals surface area contributed by atoms with Gasteiger partial charge in [-0.2, -0.15) is 0 Å². The number of unbranched alkanes of at least 4 members (excludes halogenated alkanes) is 1. The van der Waals surface area contributed by atoms with Gasteiger partial charge in [-0.3, -0.25) is 19.4 Å². The molecular formula is C24H40N8O7. The number of benzene rings is 1. The molecule has 3 amide bonds. The summed E-state index contributed by atoms with van der Waals surface area (Å²) in [5, 5.41) is 35.7. The van der Waals surface area contributed by atoms with Gasteiger partial charge in [-0.1, -0.05) is 12.1 Å². The molecule has 0 radical (unpaired) electrons. The number of nitrogens with one attached hydrogen (secondary N) is 3. The van der Waals surface area contributed by atoms with Gasteiger partial charge in [0.15, 0.2) is 5.96 Å². The maximum atomic E-state index is 13.3. The van der Waals surface area contributed by atoms with Gasteiger partial charge in [0.2, 0.25) is 17.7 Å². The second-order valence-electron chi connectivity index (χ2n) is 8.91. The minimum Gasteiger partial charge on any atom is -0.508 e. The van der Waals surface area contributed by atoms with E-state index in [1.165, 1.54) is 12.1 Å². The van der Waals surface area contributed by atoms with Gasteiger partial charge in [-0.05, 0) is 56.3 Å². The Morgan fingerprint density at radius 3 is 1.97 bits per heavy atom. The molecule has 0 aliphatic rings. The summed E-state index contributed by atoms with van der Waals surface area (Å²) in [6.07, 6.45) is 1.49. The van der Waals surface area contributed by atoms with E-state index >= 15 is 0 Å². The van der Waals surface area contributed by atoms with Crippen molar-refractivity contribution in [3.63, 3.8) is 0 Å². The van der Waals surface area contributed by atoms with E-state index in [0.717, 1.165) is 0 Å². The van der Waals surface area contributed by atoms with Crippen molar-refractivity contribution in [3.8, 4) is 5.75 Å². The lowest BCUT2D eigenvalue weighted by atomic mass is 10.0. The minimum atomic E-state index is -1.29. The molecule has 15 heteroatoms. The molecular weight excluding hydrogens is 512 g/mol. The molecule has 0 aromatic heterocycles. The van der Waals surface area contributed by atoms with Gasteiger partial charge in [0.25, 0.3) is 0 Å². The van der Waals surface area contributed by atoms with Crippen molar-refractivity contribution >= 4 is 29.7 Å². The molecule has 218 valence electrons. The van der Waals surface area contributed by atoms with Gasteiger partial charge in [0, 0.05) is 13.0 Å². The smallest absolute Gasteiger partial charge is 0.326 e. The predicted molar refractivity (Wildman–Crippen MR) is 143 cm³/mol. The van der Waals surface area contributed by atoms with E-state index in [4.69, 9.17) is 22.9 Å². The van der Waals surface area contributed by atoms with E-state index in [0.29, 0.717) is 24.9 Å². The third kappa shape index (κ3) is 12.9. The van der Waals surface area contributed by atoms with Crippen LogP contribution in [0.4, 0.5) is 0 Å². The Kier molecular flexibility index (Phi) is 14.9. The SMILES string of the molecule is NCCCC[C@H](NC(=O)[C@H](CCCN=C(N)N)NC(=O)[C@H](Cc1ccc(O)cc1)NC(=O)[C@@H](N)CO)C(=O)O. The first-order valence-corrected chi connectivity index (χ1v) is 12.5. The maximum Gasteiger partial charge on any atom is 0.326 e. The standard InChI is InChI=1S/C24H40N8O7/c25-10-2-1-4-18(23(38)39)31-21(36)17(5-3-11-29-24(27)28)30-22(37)19(32-20(35)16(26)13-33)12-14-6-8-15(34)9-7-14/h6-9,16-19,33-34H,1-5,10-13,25-26H2,(H,30,37)(H,31,36)(H,32,35)(H,38,39)(H4,27,28,29)/t16-,17-,18-,19-/m0/s1. The van der Waals surface area contributed by atoms with Crippen LogP contribution >= 0.6 is 0 Å². The molecule has 15 nitrogen and oxygen atoms in total. The number of nitrogens with zero attached hydrogens (tertiary/aromatic N) is 1. The lowest BCUT2D eigenvalue weighted by Gasteiger charge is -2.25. The number of carbonyl (C=O) groups excluding carboxylic acids is 3. The number of nitrogens with two attached hydrogens (primary N) is 4. The highest BCUT2D eigenvalue weighted by Gasteiger charge is 2.30. The van der Waals surface area contributed by atoms with Crippen LogP contribution in [0.3, 0.4) is 0 Å². The average molecular weight is 553 g/mol. The Labute approximate surface area is 226 Å². The molecule has 0 saturated carbocycles. The Morgan fingerprint density at radius 1 is 0.846 bits per heavy atom. The third-order valence-corrected chi connectivity index (χ3v) is 5.68. The van der Waals surface area contributed by atoms with Crippen LogP contribution in [0.2, 0.25) is 0 Å². The van der Waals surface area contributed by atoms with E-state index in [1.54, 1.807) is 12.1 Å². The second-order valence-corrected chi connectivity index (χ2v) is 8.91. The molecule has 0 aliphatic heterocycles. The Hall–Kier alpha value is -3.95. The van der Waals surface area contributed by atoms with E-state index in [-0.39, 0.29) is 43.9 Å². The molecule has 0 unspecified atom stereocenters. The highest BCUT2D eigenvalue weighted by molar-refractivity contribution is 5.94. The molecule has 1 aromatic carbocycles. The van der Waals surface area contributed by atoms with Crippen molar-refractivity contribution < 1.29 is 34.5 Å². The van der Waals surface area contributed by atoms with Crippen molar-refractivity contribution in [2.75, 3.05) is 19.7 Å². The highest BCUT2D eigenvalue weighted by Crippen LogP contribution is 2.12. The lowest BCUT2D eigenvalue weighted by Crippen LogP contribution is -2.58. The largest absolute Gasteiger partial charge is 0.508 e. The third-order valence-electron chi connectivity index (χ3n) is 5.68. The zero-order valence-corrected chi connectivity index (χ0v) is 21.7. The zero-order chi connectivity index (χ0) is 29.4. The number of rotatable bonds is 18. The predicted octanol–water partition coefficient (Wildman–Crippen LogP) is -3.02. The quantitative estimate of drug-likeness (QED) is 0.0496. The number of carboxylic acid groups (broad SMARTS) is 1. The number of phenols is 1. The molecule has 14 N–H and O–H groups in total.